The van der Waals surface area contributed by atoms with Crippen LogP contribution in [-0.4, -0.2) is 32.8 Å². The van der Waals surface area contributed by atoms with Crippen LogP contribution in [0.3, 0.4) is 0 Å². The van der Waals surface area contributed by atoms with Crippen molar-refractivity contribution in [1.29, 1.82) is 0 Å². The molecular weight excluding hydrogens is 392 g/mol. The number of carbonyl (C=O) groups is 2. The lowest BCUT2D eigenvalue weighted by Crippen LogP contribution is -2.47. The summed E-state index contributed by atoms with van der Waals surface area (Å²) in [6, 6.07) is 13.9. The zero-order chi connectivity index (χ0) is 21.0. The monoisotopic (exact) mass is 414 g/mol. The molecule has 0 saturated carbocycles. The Morgan fingerprint density at radius 1 is 1.07 bits per heavy atom. The zero-order valence-corrected chi connectivity index (χ0v) is 17.0. The van der Waals surface area contributed by atoms with E-state index in [1.165, 1.54) is 12.1 Å². The van der Waals surface area contributed by atoms with Crippen molar-refractivity contribution >= 4 is 21.8 Å². The first-order valence-electron chi connectivity index (χ1n) is 9.14. The third-order valence-corrected chi connectivity index (χ3v) is 6.16. The summed E-state index contributed by atoms with van der Waals surface area (Å²) in [5.74, 6) is -1.20. The molecule has 0 spiro atoms. The Labute approximate surface area is 169 Å². The van der Waals surface area contributed by atoms with Crippen molar-refractivity contribution in [3.63, 3.8) is 0 Å². The minimum atomic E-state index is -3.80. The second-order valence-corrected chi connectivity index (χ2v) is 8.62. The van der Waals surface area contributed by atoms with Crippen molar-refractivity contribution in [2.24, 2.45) is 0 Å². The highest BCUT2D eigenvalue weighted by Gasteiger charge is 2.35. The fraction of sp³-hybridized carbons (Fsp3) is 0.238. The maximum atomic E-state index is 12.9. The number of ether oxygens (including phenoxy) is 1. The van der Waals surface area contributed by atoms with E-state index in [1.807, 2.05) is 13.0 Å². The summed E-state index contributed by atoms with van der Waals surface area (Å²) in [6.45, 7) is 3.64. The number of aryl methyl sites for hydroxylation is 1. The largest absolute Gasteiger partial charge is 0.463 e. The van der Waals surface area contributed by atoms with Crippen molar-refractivity contribution < 1.29 is 22.7 Å². The molecule has 1 aliphatic heterocycles. The van der Waals surface area contributed by atoms with Gasteiger partial charge in [-0.25, -0.2) is 18.0 Å². The molecule has 0 fully saturated rings. The van der Waals surface area contributed by atoms with Gasteiger partial charge in [0.1, 0.15) is 0 Å². The van der Waals surface area contributed by atoms with Crippen molar-refractivity contribution in [3.8, 4) is 0 Å². The van der Waals surface area contributed by atoms with Crippen molar-refractivity contribution in [2.45, 2.75) is 24.8 Å². The Hall–Kier alpha value is -3.13. The summed E-state index contributed by atoms with van der Waals surface area (Å²) < 4.78 is 31.0. The molecule has 7 nitrogen and oxygen atoms in total. The van der Waals surface area contributed by atoms with Crippen molar-refractivity contribution in [3.05, 3.63) is 77.0 Å². The number of carbonyl (C=O) groups excluding carboxylic acids is 2. The number of benzene rings is 2. The van der Waals surface area contributed by atoms with Crippen molar-refractivity contribution in [1.82, 2.24) is 10.6 Å². The van der Waals surface area contributed by atoms with Gasteiger partial charge in [-0.1, -0.05) is 48.0 Å². The van der Waals surface area contributed by atoms with Crippen LogP contribution < -0.4 is 10.6 Å². The van der Waals surface area contributed by atoms with Crippen LogP contribution in [0, 0.1) is 6.92 Å². The number of urea groups is 1. The third kappa shape index (κ3) is 4.65. The average molecular weight is 414 g/mol. The number of nitrogens with one attached hydrogen (secondary N) is 2. The standard InChI is InChI=1S/C21H22N2O5S/c1-3-28-20(24)18-17(13-29(26,27)16-11-9-14(2)10-12-16)22-21(25)23-19(18)15-7-5-4-6-8-15/h4-12,19H,3,13H2,1-2H3,(H2,22,23,25)/t19-/m1/s1. The van der Waals surface area contributed by atoms with Gasteiger partial charge >= 0.3 is 12.0 Å². The Morgan fingerprint density at radius 3 is 2.34 bits per heavy atom. The van der Waals surface area contributed by atoms with E-state index in [4.69, 9.17) is 4.74 Å². The van der Waals surface area contributed by atoms with Gasteiger partial charge in [-0.2, -0.15) is 0 Å². The van der Waals surface area contributed by atoms with Crippen LogP contribution in [0.25, 0.3) is 0 Å². The average Bonchev–Trinajstić information content (AvgIpc) is 2.68. The van der Waals surface area contributed by atoms with Gasteiger partial charge in [-0.3, -0.25) is 0 Å². The molecule has 0 bridgehead atoms. The van der Waals surface area contributed by atoms with E-state index in [0.717, 1.165) is 5.56 Å². The molecule has 29 heavy (non-hydrogen) atoms. The van der Waals surface area contributed by atoms with E-state index >= 15 is 0 Å². The quantitative estimate of drug-likeness (QED) is 0.708. The smallest absolute Gasteiger partial charge is 0.338 e. The lowest BCUT2D eigenvalue weighted by atomic mass is 9.95. The van der Waals surface area contributed by atoms with E-state index < -0.39 is 33.6 Å². The topological polar surface area (TPSA) is 102 Å². The predicted molar refractivity (Wildman–Crippen MR) is 108 cm³/mol. The molecule has 2 amide bonds. The van der Waals surface area contributed by atoms with Crippen molar-refractivity contribution in [2.75, 3.05) is 12.4 Å². The Morgan fingerprint density at radius 2 is 1.72 bits per heavy atom. The fourth-order valence-electron chi connectivity index (χ4n) is 3.10. The first kappa shape index (κ1) is 20.6. The van der Waals surface area contributed by atoms with Crippen LogP contribution in [0.1, 0.15) is 24.1 Å². The number of esters is 1. The molecule has 0 radical (unpaired) electrons. The Balaban J connectivity index is 2.08. The number of rotatable bonds is 6. The van der Waals surface area contributed by atoms with E-state index in [0.29, 0.717) is 5.56 Å². The molecular formula is C21H22N2O5S. The van der Waals surface area contributed by atoms with Crippen LogP contribution in [0.4, 0.5) is 4.79 Å². The summed E-state index contributed by atoms with van der Waals surface area (Å²) in [5, 5.41) is 5.17. The summed E-state index contributed by atoms with van der Waals surface area (Å²) in [7, 11) is -3.80. The molecule has 0 aliphatic carbocycles. The minimum absolute atomic E-state index is 0.0154. The number of hydrogen-bond donors (Lipinski definition) is 2. The van der Waals surface area contributed by atoms with Gasteiger partial charge in [-0.05, 0) is 31.5 Å². The van der Waals surface area contributed by atoms with E-state index in [-0.39, 0.29) is 22.8 Å². The van der Waals surface area contributed by atoms with Crippen LogP contribution >= 0.6 is 0 Å². The van der Waals surface area contributed by atoms with Crippen LogP contribution in [0.15, 0.2) is 70.8 Å². The van der Waals surface area contributed by atoms with E-state index in [9.17, 15) is 18.0 Å². The molecule has 2 N–H and O–H groups in total. The molecule has 3 rings (SSSR count). The summed E-state index contributed by atoms with van der Waals surface area (Å²) in [4.78, 5) is 25.1. The predicted octanol–water partition coefficient (Wildman–Crippen LogP) is 2.64. The van der Waals surface area contributed by atoms with Crippen LogP contribution in [0.2, 0.25) is 0 Å². The van der Waals surface area contributed by atoms with Crippen LogP contribution in [-0.2, 0) is 19.4 Å². The van der Waals surface area contributed by atoms with Gasteiger partial charge in [0.05, 0.1) is 28.9 Å². The summed E-state index contributed by atoms with van der Waals surface area (Å²) in [5.41, 5.74) is 1.67. The molecule has 1 heterocycles. The molecule has 0 saturated heterocycles. The fourth-order valence-corrected chi connectivity index (χ4v) is 4.42. The third-order valence-electron chi connectivity index (χ3n) is 4.50. The maximum Gasteiger partial charge on any atom is 0.338 e. The normalized spacial score (nSPS) is 16.8. The highest BCUT2D eigenvalue weighted by atomic mass is 32.2. The van der Waals surface area contributed by atoms with Gasteiger partial charge in [-0.15, -0.1) is 0 Å². The van der Waals surface area contributed by atoms with Gasteiger partial charge in [0.2, 0.25) is 0 Å². The molecule has 1 atom stereocenters. The molecule has 2 aromatic rings. The highest BCUT2D eigenvalue weighted by Crippen LogP contribution is 2.29. The second kappa shape index (κ2) is 8.48. The van der Waals surface area contributed by atoms with Gasteiger partial charge in [0, 0.05) is 5.70 Å². The molecule has 152 valence electrons. The molecule has 1 aliphatic rings. The maximum absolute atomic E-state index is 12.9. The highest BCUT2D eigenvalue weighted by molar-refractivity contribution is 7.91. The molecule has 8 heteroatoms. The van der Waals surface area contributed by atoms with Gasteiger partial charge in [0.25, 0.3) is 0 Å². The number of amides is 2. The molecule has 0 unspecified atom stereocenters. The number of hydrogen-bond acceptors (Lipinski definition) is 5. The van der Waals surface area contributed by atoms with E-state index in [1.54, 1.807) is 43.3 Å². The molecule has 0 aromatic heterocycles. The Bertz CT molecular complexity index is 1040. The number of sulfone groups is 1. The van der Waals surface area contributed by atoms with Gasteiger partial charge < -0.3 is 15.4 Å². The minimum Gasteiger partial charge on any atom is -0.463 e. The van der Waals surface area contributed by atoms with Gasteiger partial charge in [0.15, 0.2) is 9.84 Å². The van der Waals surface area contributed by atoms with Crippen LogP contribution in [0.5, 0.6) is 0 Å². The SMILES string of the molecule is CCOC(=O)C1=C(CS(=O)(=O)c2ccc(C)cc2)NC(=O)N[C@@H]1c1ccccc1. The lowest BCUT2D eigenvalue weighted by molar-refractivity contribution is -0.139. The first-order chi connectivity index (χ1) is 13.8. The zero-order valence-electron chi connectivity index (χ0n) is 16.1. The summed E-state index contributed by atoms with van der Waals surface area (Å²) in [6.07, 6.45) is 0. The lowest BCUT2D eigenvalue weighted by Gasteiger charge is -2.29. The van der Waals surface area contributed by atoms with E-state index in [2.05, 4.69) is 10.6 Å². The second-order valence-electron chi connectivity index (χ2n) is 6.63. The first-order valence-corrected chi connectivity index (χ1v) is 10.8. The molecule has 2 aromatic carbocycles. The summed E-state index contributed by atoms with van der Waals surface area (Å²) >= 11 is 0. The Kier molecular flexibility index (Phi) is 6.03.